The van der Waals surface area contributed by atoms with Crippen LogP contribution in [-0.4, -0.2) is 10.9 Å². The number of hydrogen-bond donors (Lipinski definition) is 1. The normalized spacial score (nSPS) is 11.3. The van der Waals surface area contributed by atoms with Crippen molar-refractivity contribution < 1.29 is 13.6 Å². The summed E-state index contributed by atoms with van der Waals surface area (Å²) in [6, 6.07) is 14.3. The van der Waals surface area contributed by atoms with Crippen molar-refractivity contribution >= 4 is 56.6 Å². The van der Waals surface area contributed by atoms with Crippen molar-refractivity contribution in [3.05, 3.63) is 86.9 Å². The smallest absolute Gasteiger partial charge is 0.336 e. The molecular weight excluding hydrogens is 444 g/mol. The lowest BCUT2D eigenvalue weighted by atomic mass is 10.1. The number of benzene rings is 2. The monoisotopic (exact) mass is 462 g/mol. The number of fused-ring (bicyclic) bond motifs is 2. The maximum absolute atomic E-state index is 13.2. The second-order valence-corrected chi connectivity index (χ2v) is 9.44. The summed E-state index contributed by atoms with van der Waals surface area (Å²) in [6.07, 6.45) is 0. The molecule has 0 aliphatic heterocycles. The van der Waals surface area contributed by atoms with Crippen LogP contribution in [0.3, 0.4) is 0 Å². The van der Waals surface area contributed by atoms with Crippen LogP contribution in [0.25, 0.3) is 21.9 Å². The van der Waals surface area contributed by atoms with Gasteiger partial charge in [-0.2, -0.15) is 0 Å². The van der Waals surface area contributed by atoms with E-state index in [0.717, 1.165) is 31.9 Å². The number of nitrogens with one attached hydrogen (secondary N) is 1. The molecule has 0 atom stereocenters. The van der Waals surface area contributed by atoms with Crippen LogP contribution < -0.4 is 10.9 Å². The van der Waals surface area contributed by atoms with E-state index in [-0.39, 0.29) is 11.7 Å². The predicted octanol–water partition coefficient (Wildman–Crippen LogP) is 6.16. The average Bonchev–Trinajstić information content (AvgIpc) is 3.35. The Morgan fingerprint density at radius 2 is 1.91 bits per heavy atom. The quantitative estimate of drug-likeness (QED) is 0.249. The van der Waals surface area contributed by atoms with Crippen molar-refractivity contribution in [1.82, 2.24) is 4.98 Å². The molecule has 32 heavy (non-hydrogen) atoms. The lowest BCUT2D eigenvalue weighted by Crippen LogP contribution is -2.13. The van der Waals surface area contributed by atoms with Crippen molar-refractivity contribution in [2.24, 2.45) is 0 Å². The molecule has 0 unspecified atom stereocenters. The Morgan fingerprint density at radius 1 is 1.06 bits per heavy atom. The zero-order valence-electron chi connectivity index (χ0n) is 17.3. The van der Waals surface area contributed by atoms with Crippen LogP contribution in [0.4, 0.5) is 5.69 Å². The number of nitrogens with zero attached hydrogens (tertiary/aromatic N) is 1. The number of amides is 1. The number of carbonyl (C=O) groups is 1. The molecule has 6 nitrogen and oxygen atoms in total. The average molecular weight is 463 g/mol. The number of rotatable bonds is 5. The number of carbonyl (C=O) groups excluding carboxylic acids is 1. The zero-order chi connectivity index (χ0) is 22.2. The fourth-order valence-electron chi connectivity index (χ4n) is 3.55. The summed E-state index contributed by atoms with van der Waals surface area (Å²) in [6.45, 7) is 3.81. The van der Waals surface area contributed by atoms with E-state index in [4.69, 9.17) is 8.83 Å². The first-order chi connectivity index (χ1) is 15.5. The van der Waals surface area contributed by atoms with E-state index >= 15 is 0 Å². The Morgan fingerprint density at radius 3 is 2.72 bits per heavy atom. The highest BCUT2D eigenvalue weighted by molar-refractivity contribution is 8.00. The van der Waals surface area contributed by atoms with Crippen molar-refractivity contribution in [2.75, 3.05) is 5.32 Å². The van der Waals surface area contributed by atoms with E-state index in [9.17, 15) is 9.59 Å². The van der Waals surface area contributed by atoms with Gasteiger partial charge in [0, 0.05) is 51.0 Å². The number of para-hydroxylation sites is 1. The first kappa shape index (κ1) is 20.5. The topological polar surface area (TPSA) is 85.3 Å². The van der Waals surface area contributed by atoms with Crippen LogP contribution in [0.5, 0.6) is 0 Å². The number of furan rings is 1. The molecule has 5 aromatic rings. The van der Waals surface area contributed by atoms with Gasteiger partial charge in [0.25, 0.3) is 5.91 Å². The highest BCUT2D eigenvalue weighted by Crippen LogP contribution is 2.33. The molecule has 0 fully saturated rings. The maximum Gasteiger partial charge on any atom is 0.336 e. The Hall–Kier alpha value is -3.36. The van der Waals surface area contributed by atoms with Gasteiger partial charge in [-0.1, -0.05) is 30.0 Å². The molecule has 1 amide bonds. The lowest BCUT2D eigenvalue weighted by molar-refractivity contribution is 0.0998. The van der Waals surface area contributed by atoms with Gasteiger partial charge in [-0.05, 0) is 37.6 Å². The number of aromatic nitrogens is 1. The molecule has 0 bridgehead atoms. The molecule has 8 heteroatoms. The molecule has 3 heterocycles. The van der Waals surface area contributed by atoms with Gasteiger partial charge in [-0.15, -0.1) is 11.3 Å². The van der Waals surface area contributed by atoms with E-state index in [2.05, 4.69) is 10.3 Å². The van der Waals surface area contributed by atoms with E-state index in [1.54, 1.807) is 35.2 Å². The Balaban J connectivity index is 1.47. The Kier molecular flexibility index (Phi) is 5.32. The first-order valence-electron chi connectivity index (χ1n) is 9.89. The number of thioether (sulfide) groups is 1. The summed E-state index contributed by atoms with van der Waals surface area (Å²) in [7, 11) is 0. The molecule has 5 rings (SSSR count). The van der Waals surface area contributed by atoms with Crippen molar-refractivity contribution in [3.63, 3.8) is 0 Å². The third-order valence-corrected chi connectivity index (χ3v) is 7.22. The molecule has 2 aromatic carbocycles. The third-order valence-electron chi connectivity index (χ3n) is 5.05. The molecule has 0 aliphatic rings. The van der Waals surface area contributed by atoms with Crippen molar-refractivity contribution in [3.8, 4) is 0 Å². The summed E-state index contributed by atoms with van der Waals surface area (Å²) in [5.41, 5.74) is 3.79. The van der Waals surface area contributed by atoms with Crippen LogP contribution >= 0.6 is 23.1 Å². The minimum atomic E-state index is -0.424. The van der Waals surface area contributed by atoms with E-state index in [1.807, 2.05) is 49.6 Å². The van der Waals surface area contributed by atoms with E-state index in [1.165, 1.54) is 6.07 Å². The Bertz CT molecular complexity index is 1530. The van der Waals surface area contributed by atoms with Gasteiger partial charge >= 0.3 is 5.63 Å². The van der Waals surface area contributed by atoms with Crippen LogP contribution in [0.2, 0.25) is 0 Å². The number of thiazole rings is 1. The second kappa shape index (κ2) is 8.29. The van der Waals surface area contributed by atoms with Gasteiger partial charge in [-0.3, -0.25) is 4.79 Å². The fraction of sp³-hybridized carbons (Fsp3) is 0.125. The number of hydrogen-bond acceptors (Lipinski definition) is 7. The highest BCUT2D eigenvalue weighted by atomic mass is 32.2. The highest BCUT2D eigenvalue weighted by Gasteiger charge is 2.21. The van der Waals surface area contributed by atoms with Crippen LogP contribution in [0.15, 0.2) is 71.9 Å². The van der Waals surface area contributed by atoms with Gasteiger partial charge in [-0.25, -0.2) is 9.78 Å². The molecule has 0 saturated heterocycles. The minimum absolute atomic E-state index is 0.262. The van der Waals surface area contributed by atoms with E-state index < -0.39 is 5.63 Å². The van der Waals surface area contributed by atoms with Crippen LogP contribution in [0.1, 0.15) is 27.4 Å². The van der Waals surface area contributed by atoms with Crippen LogP contribution in [0, 0.1) is 13.8 Å². The minimum Gasteiger partial charge on any atom is -0.451 e. The largest absolute Gasteiger partial charge is 0.451 e. The fourth-order valence-corrected chi connectivity index (χ4v) is 5.43. The summed E-state index contributed by atoms with van der Waals surface area (Å²) in [5.74, 6) is 0.456. The molecule has 1 N–H and O–H groups in total. The van der Waals surface area contributed by atoms with Gasteiger partial charge in [0.05, 0.1) is 0 Å². The predicted molar refractivity (Wildman–Crippen MR) is 128 cm³/mol. The summed E-state index contributed by atoms with van der Waals surface area (Å²) >= 11 is 3.16. The van der Waals surface area contributed by atoms with Gasteiger partial charge < -0.3 is 14.2 Å². The van der Waals surface area contributed by atoms with E-state index in [0.29, 0.717) is 22.6 Å². The first-order valence-corrected chi connectivity index (χ1v) is 11.8. The lowest BCUT2D eigenvalue weighted by Gasteiger charge is -2.07. The summed E-state index contributed by atoms with van der Waals surface area (Å²) in [4.78, 5) is 29.4. The summed E-state index contributed by atoms with van der Waals surface area (Å²) < 4.78 is 12.2. The number of aryl methyl sites for hydroxylation is 2. The van der Waals surface area contributed by atoms with Crippen LogP contribution in [-0.2, 0) is 5.75 Å². The molecule has 0 spiro atoms. The summed E-state index contributed by atoms with van der Waals surface area (Å²) in [5, 5.41) is 6.60. The van der Waals surface area contributed by atoms with Crippen molar-refractivity contribution in [1.29, 1.82) is 0 Å². The zero-order valence-corrected chi connectivity index (χ0v) is 18.9. The molecule has 3 aromatic heterocycles. The van der Waals surface area contributed by atoms with Crippen molar-refractivity contribution in [2.45, 2.75) is 23.9 Å². The second-order valence-electron chi connectivity index (χ2n) is 7.36. The molecular formula is C24H18N2O4S2. The standard InChI is InChI=1S/C24H18N2O4S2/c1-13-9-21(27)29-20-10-15(7-8-16(13)20)26-23(28)22-18(12-32-24-25-14(2)11-31-24)17-5-3-4-6-19(17)30-22/h3-11H,12H2,1-2H3,(H,26,28). The molecule has 0 radical (unpaired) electrons. The van der Waals surface area contributed by atoms with Gasteiger partial charge in [0.2, 0.25) is 0 Å². The molecule has 160 valence electrons. The Labute approximate surface area is 191 Å². The van der Waals surface area contributed by atoms with Gasteiger partial charge in [0.1, 0.15) is 15.5 Å². The third kappa shape index (κ3) is 3.94. The molecule has 0 aliphatic carbocycles. The molecule has 0 saturated carbocycles. The maximum atomic E-state index is 13.2. The SMILES string of the molecule is Cc1csc(SCc2c(C(=O)Nc3ccc4c(C)cc(=O)oc4c3)oc3ccccc23)n1. The van der Waals surface area contributed by atoms with Gasteiger partial charge in [0.15, 0.2) is 5.76 Å². The number of anilines is 1.